The van der Waals surface area contributed by atoms with Gasteiger partial charge in [0.05, 0.1) is 16.5 Å². The highest BCUT2D eigenvalue weighted by Crippen LogP contribution is 2.40. The Balaban J connectivity index is 1.46. The molecule has 4 unspecified atom stereocenters. The molecule has 4 rings (SSSR count). The predicted molar refractivity (Wildman–Crippen MR) is 163 cm³/mol. The second-order valence-corrected chi connectivity index (χ2v) is 12.2. The van der Waals surface area contributed by atoms with Crippen LogP contribution in [-0.4, -0.2) is 85.4 Å². The van der Waals surface area contributed by atoms with Crippen molar-refractivity contribution in [2.45, 2.75) is 56.7 Å². The molecule has 0 bridgehead atoms. The maximum Gasteiger partial charge on any atom is 0.245 e. The summed E-state index contributed by atoms with van der Waals surface area (Å²) in [6.07, 6.45) is 8.66. The molecule has 3 amide bonds. The number of rotatable bonds is 11. The number of amides is 3. The molecule has 228 valence electrons. The smallest absolute Gasteiger partial charge is 0.245 e. The highest BCUT2D eigenvalue weighted by Gasteiger charge is 2.40. The maximum atomic E-state index is 14.0. The fourth-order valence-electron chi connectivity index (χ4n) is 6.04. The van der Waals surface area contributed by atoms with Gasteiger partial charge in [-0.15, -0.1) is 6.58 Å². The lowest BCUT2D eigenvalue weighted by Crippen LogP contribution is -2.61. The van der Waals surface area contributed by atoms with Crippen LogP contribution in [-0.2, 0) is 20.8 Å². The van der Waals surface area contributed by atoms with Gasteiger partial charge >= 0.3 is 0 Å². The summed E-state index contributed by atoms with van der Waals surface area (Å²) in [5.41, 5.74) is -0.0367. The van der Waals surface area contributed by atoms with Crippen LogP contribution in [0.3, 0.4) is 0 Å². The summed E-state index contributed by atoms with van der Waals surface area (Å²) >= 11 is 12.5. The van der Waals surface area contributed by atoms with Crippen LogP contribution in [0.25, 0.3) is 0 Å². The van der Waals surface area contributed by atoms with Gasteiger partial charge in [0.1, 0.15) is 11.9 Å². The maximum absolute atomic E-state index is 14.0. The SMILES string of the molecule is C=CCC1CN(CCC2(C(=O)NC)C=CC(Cl)=C(Cl)C2)CCN1C(=O)C(Cc1ccc(F)cc1)NC(=O)C1CCCN1. The lowest BCUT2D eigenvalue weighted by molar-refractivity contribution is -0.141. The van der Waals surface area contributed by atoms with Crippen molar-refractivity contribution in [3.8, 4) is 0 Å². The van der Waals surface area contributed by atoms with Crippen LogP contribution in [0.2, 0.25) is 0 Å². The Morgan fingerprint density at radius 3 is 2.64 bits per heavy atom. The Morgan fingerprint density at radius 2 is 2.00 bits per heavy atom. The van der Waals surface area contributed by atoms with Crippen LogP contribution in [0.1, 0.15) is 37.7 Å². The quantitative estimate of drug-likeness (QED) is 0.330. The molecule has 0 saturated carbocycles. The van der Waals surface area contributed by atoms with Crippen molar-refractivity contribution in [1.29, 1.82) is 0 Å². The minimum atomic E-state index is -0.802. The molecule has 2 aliphatic heterocycles. The first kappa shape index (κ1) is 32.2. The topological polar surface area (TPSA) is 93.8 Å². The van der Waals surface area contributed by atoms with E-state index in [2.05, 4.69) is 27.4 Å². The van der Waals surface area contributed by atoms with Crippen molar-refractivity contribution in [3.05, 3.63) is 70.5 Å². The molecule has 0 aromatic heterocycles. The number of piperazine rings is 1. The summed E-state index contributed by atoms with van der Waals surface area (Å²) in [6.45, 7) is 6.97. The minimum absolute atomic E-state index is 0.117. The number of halogens is 3. The van der Waals surface area contributed by atoms with Gasteiger partial charge in [-0.25, -0.2) is 4.39 Å². The highest BCUT2D eigenvalue weighted by molar-refractivity contribution is 6.40. The van der Waals surface area contributed by atoms with E-state index in [9.17, 15) is 18.8 Å². The third-order valence-corrected chi connectivity index (χ3v) is 9.25. The van der Waals surface area contributed by atoms with Crippen LogP contribution in [0.15, 0.2) is 59.1 Å². The Morgan fingerprint density at radius 1 is 1.24 bits per heavy atom. The number of allylic oxidation sites excluding steroid dienone is 3. The molecule has 8 nitrogen and oxygen atoms in total. The van der Waals surface area contributed by atoms with E-state index >= 15 is 0 Å². The standard InChI is InChI=1S/C31H40Cl2FN5O3/c1-3-5-23-20-38(15-13-31(30(42)35-2)12-11-24(32)25(33)19-31)16-17-39(23)29(41)27(18-21-7-9-22(34)10-8-21)37-28(40)26-6-4-14-36-26/h3,7-12,23,26-27,36H,1,4-6,13-20H2,2H3,(H,35,42)(H,37,40). The molecule has 2 heterocycles. The first-order chi connectivity index (χ1) is 20.2. The normalized spacial score (nSPS) is 25.3. The fourth-order valence-corrected chi connectivity index (χ4v) is 6.47. The van der Waals surface area contributed by atoms with Gasteiger partial charge in [0.25, 0.3) is 0 Å². The second-order valence-electron chi connectivity index (χ2n) is 11.3. The van der Waals surface area contributed by atoms with E-state index in [4.69, 9.17) is 23.2 Å². The molecule has 1 aromatic rings. The number of carbonyl (C=O) groups is 3. The molecular formula is C31H40Cl2FN5O3. The average molecular weight is 621 g/mol. The van der Waals surface area contributed by atoms with E-state index in [1.165, 1.54) is 12.1 Å². The van der Waals surface area contributed by atoms with Gasteiger partial charge < -0.3 is 20.9 Å². The summed E-state index contributed by atoms with van der Waals surface area (Å²) in [7, 11) is 1.61. The van der Waals surface area contributed by atoms with Gasteiger partial charge in [0, 0.05) is 50.6 Å². The first-order valence-corrected chi connectivity index (χ1v) is 15.3. The van der Waals surface area contributed by atoms with Crippen LogP contribution in [0.5, 0.6) is 0 Å². The van der Waals surface area contributed by atoms with Gasteiger partial charge in [0.2, 0.25) is 17.7 Å². The Bertz CT molecular complexity index is 1220. The Kier molecular flexibility index (Phi) is 11.2. The van der Waals surface area contributed by atoms with Crippen LogP contribution in [0, 0.1) is 11.2 Å². The monoisotopic (exact) mass is 619 g/mol. The molecule has 0 radical (unpaired) electrons. The Hall–Kier alpha value is -2.72. The summed E-state index contributed by atoms with van der Waals surface area (Å²) in [5.74, 6) is -0.833. The van der Waals surface area contributed by atoms with Crippen LogP contribution >= 0.6 is 23.2 Å². The van der Waals surface area contributed by atoms with Gasteiger partial charge in [-0.05, 0) is 62.5 Å². The third kappa shape index (κ3) is 7.81. The molecule has 1 aliphatic carbocycles. The third-order valence-electron chi connectivity index (χ3n) is 8.47. The number of benzene rings is 1. The summed E-state index contributed by atoms with van der Waals surface area (Å²) < 4.78 is 13.6. The number of hydrogen-bond donors (Lipinski definition) is 3. The molecule has 4 atom stereocenters. The van der Waals surface area contributed by atoms with E-state index in [1.807, 2.05) is 11.0 Å². The van der Waals surface area contributed by atoms with Gasteiger partial charge in [-0.1, -0.05) is 47.5 Å². The summed E-state index contributed by atoms with van der Waals surface area (Å²) in [4.78, 5) is 44.1. The number of nitrogens with zero attached hydrogens (tertiary/aromatic N) is 2. The molecule has 42 heavy (non-hydrogen) atoms. The second kappa shape index (κ2) is 14.6. The van der Waals surface area contributed by atoms with E-state index in [-0.39, 0.29) is 42.0 Å². The molecule has 2 fully saturated rings. The van der Waals surface area contributed by atoms with E-state index in [0.29, 0.717) is 55.5 Å². The average Bonchev–Trinajstić information content (AvgIpc) is 3.54. The van der Waals surface area contributed by atoms with Gasteiger partial charge in [-0.3, -0.25) is 19.3 Å². The molecule has 11 heteroatoms. The van der Waals surface area contributed by atoms with E-state index in [1.54, 1.807) is 31.3 Å². The zero-order valence-corrected chi connectivity index (χ0v) is 25.5. The van der Waals surface area contributed by atoms with Gasteiger partial charge in [-0.2, -0.15) is 0 Å². The van der Waals surface area contributed by atoms with Crippen molar-refractivity contribution in [1.82, 2.24) is 25.8 Å². The van der Waals surface area contributed by atoms with Crippen molar-refractivity contribution >= 4 is 40.9 Å². The number of nitrogens with one attached hydrogen (secondary N) is 3. The van der Waals surface area contributed by atoms with Crippen LogP contribution in [0.4, 0.5) is 4.39 Å². The molecule has 3 aliphatic rings. The number of hydrogen-bond acceptors (Lipinski definition) is 5. The predicted octanol–water partition coefficient (Wildman–Crippen LogP) is 3.47. The molecule has 2 saturated heterocycles. The summed E-state index contributed by atoms with van der Waals surface area (Å²) in [5, 5.41) is 9.85. The zero-order chi connectivity index (χ0) is 30.3. The molecule has 3 N–H and O–H groups in total. The van der Waals surface area contributed by atoms with Gasteiger partial charge in [0.15, 0.2) is 0 Å². The van der Waals surface area contributed by atoms with Crippen LogP contribution < -0.4 is 16.0 Å². The zero-order valence-electron chi connectivity index (χ0n) is 24.0. The van der Waals surface area contributed by atoms with Crippen molar-refractivity contribution in [2.75, 3.05) is 39.8 Å². The van der Waals surface area contributed by atoms with Crippen molar-refractivity contribution in [2.24, 2.45) is 5.41 Å². The highest BCUT2D eigenvalue weighted by atomic mass is 35.5. The lowest BCUT2D eigenvalue weighted by Gasteiger charge is -2.43. The number of carbonyl (C=O) groups excluding carboxylic acids is 3. The van der Waals surface area contributed by atoms with E-state index < -0.39 is 11.5 Å². The first-order valence-electron chi connectivity index (χ1n) is 14.5. The largest absolute Gasteiger partial charge is 0.358 e. The van der Waals surface area contributed by atoms with Crippen molar-refractivity contribution in [3.63, 3.8) is 0 Å². The summed E-state index contributed by atoms with van der Waals surface area (Å²) in [6, 6.07) is 4.75. The van der Waals surface area contributed by atoms with Crippen molar-refractivity contribution < 1.29 is 18.8 Å². The molecular weight excluding hydrogens is 580 g/mol. The fraction of sp³-hybridized carbons (Fsp3) is 0.516. The molecule has 1 aromatic carbocycles. The lowest BCUT2D eigenvalue weighted by atomic mass is 9.77. The van der Waals surface area contributed by atoms with E-state index in [0.717, 1.165) is 24.9 Å². The molecule has 0 spiro atoms. The minimum Gasteiger partial charge on any atom is -0.358 e. The Labute approximate surface area is 257 Å².